The van der Waals surface area contributed by atoms with E-state index in [0.717, 1.165) is 10.0 Å². The molecule has 0 aliphatic carbocycles. The number of hydrogen-bond donors (Lipinski definition) is 1. The molecule has 0 radical (unpaired) electrons. The van der Waals surface area contributed by atoms with Crippen molar-refractivity contribution in [2.24, 2.45) is 0 Å². The molecular weight excluding hydrogens is 326 g/mol. The summed E-state index contributed by atoms with van der Waals surface area (Å²) in [6.45, 7) is 1.94. The fraction of sp³-hybridized carbons (Fsp3) is 0.133. The van der Waals surface area contributed by atoms with E-state index in [1.54, 1.807) is 24.3 Å². The molecule has 0 spiro atoms. The van der Waals surface area contributed by atoms with E-state index >= 15 is 0 Å². The van der Waals surface area contributed by atoms with Crippen LogP contribution in [-0.2, 0) is 0 Å². The van der Waals surface area contributed by atoms with Crippen LogP contribution in [0.5, 0.6) is 0 Å². The third kappa shape index (κ3) is 3.58. The fourth-order valence-corrected chi connectivity index (χ4v) is 2.24. The van der Waals surface area contributed by atoms with Crippen LogP contribution >= 0.6 is 27.5 Å². The molecule has 0 aromatic heterocycles. The number of hydrogen-bond acceptors (Lipinski definition) is 1. The zero-order valence-electron chi connectivity index (χ0n) is 10.4. The molecule has 98 valence electrons. The Hall–Kier alpha value is -1.32. The molecule has 0 fully saturated rings. The Kier molecular flexibility index (Phi) is 4.61. The second kappa shape index (κ2) is 6.22. The molecular formula is C15H13BrClNO. The van der Waals surface area contributed by atoms with Gasteiger partial charge in [-0.15, -0.1) is 0 Å². The Labute approximate surface area is 125 Å². The van der Waals surface area contributed by atoms with Crippen molar-refractivity contribution in [2.45, 2.75) is 13.0 Å². The number of benzene rings is 2. The number of carbonyl (C=O) groups is 1. The maximum absolute atomic E-state index is 12.1. The number of nitrogens with one attached hydrogen (secondary N) is 1. The minimum atomic E-state index is -0.166. The molecule has 1 amide bonds. The summed E-state index contributed by atoms with van der Waals surface area (Å²) in [6.07, 6.45) is 0. The van der Waals surface area contributed by atoms with Gasteiger partial charge in [0.1, 0.15) is 0 Å². The van der Waals surface area contributed by atoms with Gasteiger partial charge in [0.2, 0.25) is 0 Å². The molecule has 2 aromatic rings. The minimum Gasteiger partial charge on any atom is -0.345 e. The summed E-state index contributed by atoms with van der Waals surface area (Å²) < 4.78 is 1.01. The van der Waals surface area contributed by atoms with Crippen molar-refractivity contribution in [3.63, 3.8) is 0 Å². The van der Waals surface area contributed by atoms with E-state index in [1.165, 1.54) is 0 Å². The number of halogens is 2. The summed E-state index contributed by atoms with van der Waals surface area (Å²) in [6, 6.07) is 14.8. The first-order valence-electron chi connectivity index (χ1n) is 5.89. The SMILES string of the molecule is CC(NC(=O)c1ccccc1Cl)c1ccc(Br)cc1. The minimum absolute atomic E-state index is 0.0723. The molecule has 0 aliphatic heterocycles. The third-order valence-corrected chi connectivity index (χ3v) is 3.69. The fourth-order valence-electron chi connectivity index (χ4n) is 1.75. The van der Waals surface area contributed by atoms with Gasteiger partial charge in [0.15, 0.2) is 0 Å². The van der Waals surface area contributed by atoms with Gasteiger partial charge in [-0.25, -0.2) is 0 Å². The number of carbonyl (C=O) groups excluding carboxylic acids is 1. The first-order chi connectivity index (χ1) is 9.08. The Morgan fingerprint density at radius 1 is 1.16 bits per heavy atom. The second-order valence-electron chi connectivity index (χ2n) is 4.23. The predicted octanol–water partition coefficient (Wildman–Crippen LogP) is 4.59. The van der Waals surface area contributed by atoms with Gasteiger partial charge >= 0.3 is 0 Å². The largest absolute Gasteiger partial charge is 0.345 e. The van der Waals surface area contributed by atoms with Gasteiger partial charge in [0, 0.05) is 4.47 Å². The van der Waals surface area contributed by atoms with Crippen molar-refractivity contribution in [3.05, 3.63) is 69.2 Å². The van der Waals surface area contributed by atoms with Crippen LogP contribution in [0.15, 0.2) is 53.0 Å². The van der Waals surface area contributed by atoms with Crippen LogP contribution in [0.3, 0.4) is 0 Å². The highest BCUT2D eigenvalue weighted by Crippen LogP contribution is 2.19. The van der Waals surface area contributed by atoms with Crippen molar-refractivity contribution < 1.29 is 4.79 Å². The van der Waals surface area contributed by atoms with E-state index in [2.05, 4.69) is 21.2 Å². The monoisotopic (exact) mass is 337 g/mol. The molecule has 19 heavy (non-hydrogen) atoms. The molecule has 2 rings (SSSR count). The lowest BCUT2D eigenvalue weighted by atomic mass is 10.1. The van der Waals surface area contributed by atoms with Crippen LogP contribution in [0.25, 0.3) is 0 Å². The molecule has 2 aromatic carbocycles. The number of amides is 1. The summed E-state index contributed by atoms with van der Waals surface area (Å²) in [5.41, 5.74) is 1.54. The van der Waals surface area contributed by atoms with Crippen molar-refractivity contribution in [2.75, 3.05) is 0 Å². The molecule has 0 saturated heterocycles. The summed E-state index contributed by atoms with van der Waals surface area (Å²) in [5, 5.41) is 3.40. The quantitative estimate of drug-likeness (QED) is 0.871. The van der Waals surface area contributed by atoms with Gasteiger partial charge in [0.05, 0.1) is 16.6 Å². The average Bonchev–Trinajstić information content (AvgIpc) is 2.39. The van der Waals surface area contributed by atoms with E-state index in [9.17, 15) is 4.79 Å². The second-order valence-corrected chi connectivity index (χ2v) is 5.55. The Morgan fingerprint density at radius 3 is 2.42 bits per heavy atom. The molecule has 0 saturated carbocycles. The topological polar surface area (TPSA) is 29.1 Å². The van der Waals surface area contributed by atoms with E-state index in [4.69, 9.17) is 11.6 Å². The Balaban J connectivity index is 2.11. The van der Waals surface area contributed by atoms with Gasteiger partial charge < -0.3 is 5.32 Å². The maximum atomic E-state index is 12.1. The Morgan fingerprint density at radius 2 is 1.79 bits per heavy atom. The van der Waals surface area contributed by atoms with E-state index in [1.807, 2.05) is 31.2 Å². The molecule has 4 heteroatoms. The van der Waals surface area contributed by atoms with Crippen LogP contribution < -0.4 is 5.32 Å². The average molecular weight is 339 g/mol. The normalized spacial score (nSPS) is 11.9. The van der Waals surface area contributed by atoms with Crippen LogP contribution in [0, 0.1) is 0 Å². The highest BCUT2D eigenvalue weighted by molar-refractivity contribution is 9.10. The smallest absolute Gasteiger partial charge is 0.253 e. The molecule has 2 nitrogen and oxygen atoms in total. The molecule has 0 bridgehead atoms. The standard InChI is InChI=1S/C15H13BrClNO/c1-10(11-6-8-12(16)9-7-11)18-15(19)13-4-2-3-5-14(13)17/h2-10H,1H3,(H,18,19). The summed E-state index contributed by atoms with van der Waals surface area (Å²) in [5.74, 6) is -0.166. The summed E-state index contributed by atoms with van der Waals surface area (Å²) >= 11 is 9.39. The molecule has 0 heterocycles. The lowest BCUT2D eigenvalue weighted by Gasteiger charge is -2.15. The van der Waals surface area contributed by atoms with Gasteiger partial charge in [-0.3, -0.25) is 4.79 Å². The van der Waals surface area contributed by atoms with Crippen molar-refractivity contribution in [1.82, 2.24) is 5.32 Å². The third-order valence-electron chi connectivity index (χ3n) is 2.84. The van der Waals surface area contributed by atoms with E-state index in [-0.39, 0.29) is 11.9 Å². The lowest BCUT2D eigenvalue weighted by Crippen LogP contribution is -2.26. The maximum Gasteiger partial charge on any atom is 0.253 e. The highest BCUT2D eigenvalue weighted by Gasteiger charge is 2.13. The van der Waals surface area contributed by atoms with Crippen LogP contribution in [0.2, 0.25) is 5.02 Å². The molecule has 1 N–H and O–H groups in total. The zero-order chi connectivity index (χ0) is 13.8. The zero-order valence-corrected chi connectivity index (χ0v) is 12.7. The lowest BCUT2D eigenvalue weighted by molar-refractivity contribution is 0.0940. The predicted molar refractivity (Wildman–Crippen MR) is 81.5 cm³/mol. The summed E-state index contributed by atoms with van der Waals surface area (Å²) in [7, 11) is 0. The van der Waals surface area contributed by atoms with Crippen LogP contribution in [-0.4, -0.2) is 5.91 Å². The number of rotatable bonds is 3. The van der Waals surface area contributed by atoms with E-state index < -0.39 is 0 Å². The van der Waals surface area contributed by atoms with Crippen molar-refractivity contribution in [1.29, 1.82) is 0 Å². The van der Waals surface area contributed by atoms with Gasteiger partial charge in [-0.1, -0.05) is 51.8 Å². The first-order valence-corrected chi connectivity index (χ1v) is 7.06. The summed E-state index contributed by atoms with van der Waals surface area (Å²) in [4.78, 5) is 12.1. The van der Waals surface area contributed by atoms with Crippen molar-refractivity contribution in [3.8, 4) is 0 Å². The van der Waals surface area contributed by atoms with Gasteiger partial charge in [-0.05, 0) is 36.8 Å². The van der Waals surface area contributed by atoms with Crippen LogP contribution in [0.4, 0.5) is 0 Å². The Bertz CT molecular complexity index is 583. The first kappa shape index (κ1) is 14.1. The van der Waals surface area contributed by atoms with Gasteiger partial charge in [0.25, 0.3) is 5.91 Å². The molecule has 1 unspecified atom stereocenters. The van der Waals surface area contributed by atoms with Crippen molar-refractivity contribution >= 4 is 33.4 Å². The van der Waals surface area contributed by atoms with Crippen LogP contribution in [0.1, 0.15) is 28.9 Å². The highest BCUT2D eigenvalue weighted by atomic mass is 79.9. The molecule has 0 aliphatic rings. The van der Waals surface area contributed by atoms with E-state index in [0.29, 0.717) is 10.6 Å². The van der Waals surface area contributed by atoms with Gasteiger partial charge in [-0.2, -0.15) is 0 Å². The molecule has 1 atom stereocenters.